The van der Waals surface area contributed by atoms with Gasteiger partial charge >= 0.3 is 5.97 Å². The first-order valence-electron chi connectivity index (χ1n) is 13.4. The van der Waals surface area contributed by atoms with Crippen molar-refractivity contribution in [3.8, 4) is 11.1 Å². The van der Waals surface area contributed by atoms with E-state index in [9.17, 15) is 9.59 Å². The zero-order chi connectivity index (χ0) is 26.4. The third-order valence-corrected chi connectivity index (χ3v) is 7.99. The van der Waals surface area contributed by atoms with Gasteiger partial charge in [-0.1, -0.05) is 74.5 Å². The fourth-order valence-corrected chi connectivity index (χ4v) is 6.14. The van der Waals surface area contributed by atoms with Gasteiger partial charge in [-0.15, -0.1) is 0 Å². The number of esters is 1. The first kappa shape index (κ1) is 24.6. The summed E-state index contributed by atoms with van der Waals surface area (Å²) in [6.07, 6.45) is 0.595. The minimum absolute atomic E-state index is 0.0769. The molecular weight excluding hydrogens is 478 g/mol. The van der Waals surface area contributed by atoms with Crippen LogP contribution in [-0.4, -0.2) is 60.7 Å². The summed E-state index contributed by atoms with van der Waals surface area (Å²) in [4.78, 5) is 37.3. The molecule has 2 fully saturated rings. The van der Waals surface area contributed by atoms with Crippen molar-refractivity contribution in [3.63, 3.8) is 0 Å². The lowest BCUT2D eigenvalue weighted by atomic mass is 9.87. The number of anilines is 1. The Kier molecular flexibility index (Phi) is 6.19. The normalized spacial score (nSPS) is 22.9. The number of nitrogens with zero attached hydrogens (tertiary/aromatic N) is 3. The van der Waals surface area contributed by atoms with Crippen molar-refractivity contribution >= 4 is 17.6 Å². The van der Waals surface area contributed by atoms with Gasteiger partial charge in [0.25, 0.3) is 5.91 Å². The van der Waals surface area contributed by atoms with Crippen LogP contribution in [0.5, 0.6) is 0 Å². The third kappa shape index (κ3) is 3.79. The van der Waals surface area contributed by atoms with Gasteiger partial charge in [0, 0.05) is 18.7 Å². The van der Waals surface area contributed by atoms with E-state index in [4.69, 9.17) is 14.5 Å². The molecule has 0 bridgehead atoms. The Labute approximate surface area is 223 Å². The number of hydrogen-bond donors (Lipinski definition) is 0. The van der Waals surface area contributed by atoms with Crippen LogP contribution >= 0.6 is 0 Å². The quantitative estimate of drug-likeness (QED) is 0.468. The van der Waals surface area contributed by atoms with Gasteiger partial charge in [-0.2, -0.15) is 0 Å². The molecule has 2 aromatic carbocycles. The highest BCUT2D eigenvalue weighted by atomic mass is 16.5. The molecule has 0 aliphatic carbocycles. The van der Waals surface area contributed by atoms with Gasteiger partial charge in [0.05, 0.1) is 41.9 Å². The van der Waals surface area contributed by atoms with Crippen LogP contribution in [-0.2, 0) is 26.2 Å². The van der Waals surface area contributed by atoms with E-state index in [0.717, 1.165) is 28.1 Å². The predicted molar refractivity (Wildman–Crippen MR) is 145 cm³/mol. The van der Waals surface area contributed by atoms with Crippen LogP contribution in [0.2, 0.25) is 0 Å². The predicted octanol–water partition coefficient (Wildman–Crippen LogP) is 4.55. The number of morpholine rings is 2. The van der Waals surface area contributed by atoms with Crippen LogP contribution in [0.15, 0.2) is 60.7 Å². The molecule has 196 valence electrons. The van der Waals surface area contributed by atoms with Gasteiger partial charge in [-0.25, -0.2) is 4.79 Å². The van der Waals surface area contributed by atoms with E-state index >= 15 is 0 Å². The fraction of sp³-hybridized carbons (Fsp3) is 0.387. The fourth-order valence-electron chi connectivity index (χ4n) is 6.14. The second kappa shape index (κ2) is 9.55. The number of cyclic esters (lactones) is 1. The van der Waals surface area contributed by atoms with Gasteiger partial charge in [0.15, 0.2) is 5.54 Å². The van der Waals surface area contributed by atoms with E-state index in [2.05, 4.69) is 18.7 Å². The second-order valence-electron chi connectivity index (χ2n) is 10.8. The highest BCUT2D eigenvalue weighted by molar-refractivity contribution is 6.12. The first-order chi connectivity index (χ1) is 18.4. The number of hydrogen-bond acceptors (Lipinski definition) is 6. The summed E-state index contributed by atoms with van der Waals surface area (Å²) in [7, 11) is 0. The van der Waals surface area contributed by atoms with E-state index in [1.165, 1.54) is 0 Å². The lowest BCUT2D eigenvalue weighted by molar-refractivity contribution is -0.169. The molecular formula is C31H33N3O4. The summed E-state index contributed by atoms with van der Waals surface area (Å²) in [6, 6.07) is 19.8. The van der Waals surface area contributed by atoms with Crippen molar-refractivity contribution in [2.75, 3.05) is 37.8 Å². The number of pyridine rings is 1. The van der Waals surface area contributed by atoms with E-state index in [1.54, 1.807) is 11.8 Å². The molecule has 0 N–H and O–H groups in total. The minimum Gasteiger partial charge on any atom is -0.461 e. The molecule has 3 aliphatic rings. The molecule has 0 unspecified atom stereocenters. The highest BCUT2D eigenvalue weighted by Gasteiger charge is 2.60. The molecule has 38 heavy (non-hydrogen) atoms. The van der Waals surface area contributed by atoms with Crippen LogP contribution in [0, 0.1) is 0 Å². The van der Waals surface area contributed by atoms with Crippen LogP contribution in [0.1, 0.15) is 54.0 Å². The second-order valence-corrected chi connectivity index (χ2v) is 10.8. The van der Waals surface area contributed by atoms with Gasteiger partial charge < -0.3 is 19.3 Å². The summed E-state index contributed by atoms with van der Waals surface area (Å²) >= 11 is 0. The molecule has 2 atom stereocenters. The van der Waals surface area contributed by atoms with E-state index in [0.29, 0.717) is 44.0 Å². The SMILES string of the molecule is CC(C)c1nc2c(c(-c3ccccc3)c1N1CCOCC1)C(=O)N1[C@@H](Cc3ccccc3)COC(=O)[C@]21C. The average Bonchev–Trinajstić information content (AvgIpc) is 3.18. The average molecular weight is 512 g/mol. The number of ether oxygens (including phenoxy) is 2. The molecule has 0 spiro atoms. The van der Waals surface area contributed by atoms with Crippen molar-refractivity contribution in [1.82, 2.24) is 9.88 Å². The molecule has 6 rings (SSSR count). The maximum atomic E-state index is 14.5. The summed E-state index contributed by atoms with van der Waals surface area (Å²) in [6.45, 7) is 8.86. The molecule has 1 amide bonds. The number of carbonyl (C=O) groups excluding carboxylic acids is 2. The van der Waals surface area contributed by atoms with E-state index in [1.807, 2.05) is 60.7 Å². The van der Waals surface area contributed by atoms with Gasteiger partial charge in [-0.05, 0) is 30.4 Å². The van der Waals surface area contributed by atoms with Crippen molar-refractivity contribution in [1.29, 1.82) is 0 Å². The molecule has 7 nitrogen and oxygen atoms in total. The third-order valence-electron chi connectivity index (χ3n) is 7.99. The molecule has 4 heterocycles. The standard InChI is InChI=1S/C31H33N3O4/c1-20(2)26-27(33-14-16-37-17-15-33)24(22-12-8-5-9-13-22)25-28(32-26)31(3)30(36)38-19-23(34(31)29(25)35)18-21-10-6-4-7-11-21/h4-13,20,23H,14-19H2,1-3H3/t23-,31-/m0/s1. The van der Waals surface area contributed by atoms with Gasteiger partial charge in [0.1, 0.15) is 6.61 Å². The van der Waals surface area contributed by atoms with Crippen molar-refractivity contribution in [2.24, 2.45) is 0 Å². The van der Waals surface area contributed by atoms with Crippen LogP contribution in [0.3, 0.4) is 0 Å². The summed E-state index contributed by atoms with van der Waals surface area (Å²) in [5.41, 5.74) is 4.48. The maximum Gasteiger partial charge on any atom is 0.338 e. The number of benzene rings is 2. The molecule has 0 radical (unpaired) electrons. The van der Waals surface area contributed by atoms with Crippen LogP contribution in [0.25, 0.3) is 11.1 Å². The Morgan fingerprint density at radius 1 is 0.974 bits per heavy atom. The minimum atomic E-state index is -1.29. The molecule has 3 aromatic rings. The highest BCUT2D eigenvalue weighted by Crippen LogP contribution is 2.50. The molecule has 2 saturated heterocycles. The maximum absolute atomic E-state index is 14.5. The molecule has 3 aliphatic heterocycles. The van der Waals surface area contributed by atoms with Crippen molar-refractivity contribution in [3.05, 3.63) is 83.2 Å². The van der Waals surface area contributed by atoms with Crippen LogP contribution < -0.4 is 4.90 Å². The Morgan fingerprint density at radius 3 is 2.29 bits per heavy atom. The lowest BCUT2D eigenvalue weighted by Crippen LogP contribution is -2.59. The summed E-state index contributed by atoms with van der Waals surface area (Å²) in [5, 5.41) is 0. The zero-order valence-corrected chi connectivity index (χ0v) is 22.1. The number of amides is 1. The summed E-state index contributed by atoms with van der Waals surface area (Å²) in [5.74, 6) is -0.501. The number of rotatable bonds is 5. The topological polar surface area (TPSA) is 72.0 Å². The lowest BCUT2D eigenvalue weighted by Gasteiger charge is -2.43. The zero-order valence-electron chi connectivity index (χ0n) is 22.1. The molecule has 7 heteroatoms. The molecule has 1 aromatic heterocycles. The Morgan fingerprint density at radius 2 is 1.63 bits per heavy atom. The number of fused-ring (bicyclic) bond motifs is 3. The Hall–Kier alpha value is -3.71. The van der Waals surface area contributed by atoms with Crippen molar-refractivity contribution in [2.45, 2.75) is 44.7 Å². The first-order valence-corrected chi connectivity index (χ1v) is 13.4. The van der Waals surface area contributed by atoms with E-state index in [-0.39, 0.29) is 24.5 Å². The molecule has 0 saturated carbocycles. The van der Waals surface area contributed by atoms with Gasteiger partial charge in [-0.3, -0.25) is 9.78 Å². The Balaban J connectivity index is 1.60. The van der Waals surface area contributed by atoms with Crippen molar-refractivity contribution < 1.29 is 19.1 Å². The largest absolute Gasteiger partial charge is 0.461 e. The number of carbonyl (C=O) groups is 2. The monoisotopic (exact) mass is 511 g/mol. The van der Waals surface area contributed by atoms with E-state index < -0.39 is 11.5 Å². The van der Waals surface area contributed by atoms with Gasteiger partial charge in [0.2, 0.25) is 0 Å². The Bertz CT molecular complexity index is 1370. The van der Waals surface area contributed by atoms with Crippen LogP contribution in [0.4, 0.5) is 5.69 Å². The smallest absolute Gasteiger partial charge is 0.338 e. The number of aromatic nitrogens is 1. The summed E-state index contributed by atoms with van der Waals surface area (Å²) < 4.78 is 11.4.